The van der Waals surface area contributed by atoms with Crippen molar-refractivity contribution in [2.24, 2.45) is 5.41 Å². The maximum atomic E-state index is 4.51. The van der Waals surface area contributed by atoms with Gasteiger partial charge in [-0.2, -0.15) is 4.37 Å². The Labute approximate surface area is 119 Å². The van der Waals surface area contributed by atoms with Gasteiger partial charge in [0.1, 0.15) is 5.82 Å². The van der Waals surface area contributed by atoms with E-state index in [1.165, 1.54) is 18.0 Å². The van der Waals surface area contributed by atoms with E-state index in [0.29, 0.717) is 6.04 Å². The van der Waals surface area contributed by atoms with Gasteiger partial charge in [0.15, 0.2) is 4.34 Å². The van der Waals surface area contributed by atoms with Gasteiger partial charge in [0.2, 0.25) is 0 Å². The van der Waals surface area contributed by atoms with Gasteiger partial charge >= 0.3 is 0 Å². The van der Waals surface area contributed by atoms with Crippen molar-refractivity contribution in [3.63, 3.8) is 0 Å². The molecule has 0 aromatic carbocycles. The van der Waals surface area contributed by atoms with Crippen LogP contribution in [0.5, 0.6) is 0 Å². The second-order valence-electron chi connectivity index (χ2n) is 5.51. The minimum absolute atomic E-state index is 0.278. The van der Waals surface area contributed by atoms with Crippen LogP contribution in [-0.4, -0.2) is 27.7 Å². The van der Waals surface area contributed by atoms with Gasteiger partial charge in [0.05, 0.1) is 0 Å². The van der Waals surface area contributed by atoms with Crippen molar-refractivity contribution in [2.45, 2.75) is 57.8 Å². The third-order valence-corrected chi connectivity index (χ3v) is 4.79. The predicted octanol–water partition coefficient (Wildman–Crippen LogP) is 3.61. The van der Waals surface area contributed by atoms with E-state index in [0.717, 1.165) is 28.9 Å². The lowest BCUT2D eigenvalue weighted by molar-refractivity contribution is 0.292. The van der Waals surface area contributed by atoms with Crippen molar-refractivity contribution in [2.75, 3.05) is 12.3 Å². The molecule has 0 saturated carbocycles. The summed E-state index contributed by atoms with van der Waals surface area (Å²) in [7, 11) is 0. The van der Waals surface area contributed by atoms with Gasteiger partial charge in [-0.05, 0) is 29.9 Å². The Kier molecular flexibility index (Phi) is 6.60. The molecule has 104 valence electrons. The van der Waals surface area contributed by atoms with Crippen LogP contribution in [0.2, 0.25) is 0 Å². The second kappa shape index (κ2) is 7.46. The summed E-state index contributed by atoms with van der Waals surface area (Å²) >= 11 is 3.35. The summed E-state index contributed by atoms with van der Waals surface area (Å²) in [5.74, 6) is 2.03. The third kappa shape index (κ3) is 5.24. The van der Waals surface area contributed by atoms with Crippen molar-refractivity contribution in [1.29, 1.82) is 0 Å². The predicted molar refractivity (Wildman–Crippen MR) is 81.5 cm³/mol. The van der Waals surface area contributed by atoms with Gasteiger partial charge in [-0.1, -0.05) is 46.4 Å². The molecule has 5 heteroatoms. The van der Waals surface area contributed by atoms with Crippen molar-refractivity contribution in [1.82, 2.24) is 14.7 Å². The Bertz CT molecular complexity index is 344. The molecule has 3 nitrogen and oxygen atoms in total. The van der Waals surface area contributed by atoms with E-state index in [9.17, 15) is 0 Å². The summed E-state index contributed by atoms with van der Waals surface area (Å²) in [5.41, 5.74) is 0.278. The molecule has 1 aromatic rings. The normalized spacial score (nSPS) is 13.8. The van der Waals surface area contributed by atoms with Crippen molar-refractivity contribution < 1.29 is 0 Å². The highest BCUT2D eigenvalue weighted by Gasteiger charge is 2.24. The first kappa shape index (κ1) is 15.9. The standard InChI is InChI=1S/C13H25N3S2/c1-6-8-14-10(13(3,4)5)9-17-12-15-11(7-2)16-18-12/h10,14H,6-9H2,1-5H3. The number of hydrogen-bond acceptors (Lipinski definition) is 5. The minimum Gasteiger partial charge on any atom is -0.313 e. The Hall–Kier alpha value is -0.130. The van der Waals surface area contributed by atoms with Crippen LogP contribution in [0.3, 0.4) is 0 Å². The SMILES string of the molecule is CCCNC(CSc1nc(CC)ns1)C(C)(C)C. The molecule has 0 amide bonds. The van der Waals surface area contributed by atoms with E-state index in [4.69, 9.17) is 0 Å². The summed E-state index contributed by atoms with van der Waals surface area (Å²) in [5, 5.41) is 3.64. The van der Waals surface area contributed by atoms with Crippen molar-refractivity contribution in [3.05, 3.63) is 5.82 Å². The van der Waals surface area contributed by atoms with Gasteiger partial charge in [0.25, 0.3) is 0 Å². The van der Waals surface area contributed by atoms with Gasteiger partial charge in [-0.25, -0.2) is 4.98 Å². The average molecular weight is 287 g/mol. The van der Waals surface area contributed by atoms with Gasteiger partial charge in [-0.15, -0.1) is 0 Å². The molecular weight excluding hydrogens is 262 g/mol. The molecule has 0 spiro atoms. The number of aromatic nitrogens is 2. The fourth-order valence-electron chi connectivity index (χ4n) is 1.53. The van der Waals surface area contributed by atoms with Gasteiger partial charge in [-0.3, -0.25) is 0 Å². The average Bonchev–Trinajstić information content (AvgIpc) is 2.75. The molecule has 1 heterocycles. The zero-order valence-corrected chi connectivity index (χ0v) is 13.7. The van der Waals surface area contributed by atoms with Crippen LogP contribution >= 0.6 is 23.3 Å². The largest absolute Gasteiger partial charge is 0.313 e. The lowest BCUT2D eigenvalue weighted by Gasteiger charge is -2.31. The molecule has 1 aromatic heterocycles. The molecule has 0 aliphatic heterocycles. The molecule has 0 bridgehead atoms. The lowest BCUT2D eigenvalue weighted by atomic mass is 9.88. The molecule has 18 heavy (non-hydrogen) atoms. The number of aryl methyl sites for hydroxylation is 1. The van der Waals surface area contributed by atoms with Crippen LogP contribution in [-0.2, 0) is 6.42 Å². The smallest absolute Gasteiger partial charge is 0.170 e. The highest BCUT2D eigenvalue weighted by molar-refractivity contribution is 8.00. The molecule has 0 fully saturated rings. The molecule has 0 radical (unpaired) electrons. The van der Waals surface area contributed by atoms with Crippen LogP contribution in [0.15, 0.2) is 4.34 Å². The highest BCUT2D eigenvalue weighted by atomic mass is 32.2. The zero-order valence-electron chi connectivity index (χ0n) is 12.1. The maximum Gasteiger partial charge on any atom is 0.170 e. The number of nitrogens with one attached hydrogen (secondary N) is 1. The fourth-order valence-corrected chi connectivity index (χ4v) is 3.65. The first-order valence-corrected chi connectivity index (χ1v) is 8.42. The monoisotopic (exact) mass is 287 g/mol. The van der Waals surface area contributed by atoms with E-state index < -0.39 is 0 Å². The van der Waals surface area contributed by atoms with E-state index >= 15 is 0 Å². The van der Waals surface area contributed by atoms with Crippen molar-refractivity contribution >= 4 is 23.3 Å². The van der Waals surface area contributed by atoms with Gasteiger partial charge < -0.3 is 5.32 Å². The molecule has 1 rings (SSSR count). The van der Waals surface area contributed by atoms with Crippen LogP contribution < -0.4 is 5.32 Å². The van der Waals surface area contributed by atoms with E-state index in [1.807, 2.05) is 11.8 Å². The first-order chi connectivity index (χ1) is 8.47. The first-order valence-electron chi connectivity index (χ1n) is 6.66. The quantitative estimate of drug-likeness (QED) is 0.778. The van der Waals surface area contributed by atoms with E-state index in [-0.39, 0.29) is 5.41 Å². The Balaban J connectivity index is 2.50. The molecule has 0 aliphatic carbocycles. The summed E-state index contributed by atoms with van der Waals surface area (Å²) in [6.45, 7) is 12.3. The number of rotatable bonds is 7. The molecule has 0 aliphatic rings. The Morgan fingerprint density at radius 2 is 2.06 bits per heavy atom. The van der Waals surface area contributed by atoms with Crippen LogP contribution in [0.1, 0.15) is 46.9 Å². The summed E-state index contributed by atoms with van der Waals surface area (Å²) in [4.78, 5) is 4.51. The van der Waals surface area contributed by atoms with E-state index in [2.05, 4.69) is 49.3 Å². The number of thioether (sulfide) groups is 1. The molecule has 1 atom stereocenters. The summed E-state index contributed by atoms with van der Waals surface area (Å²) in [6.07, 6.45) is 2.10. The van der Waals surface area contributed by atoms with E-state index in [1.54, 1.807) is 0 Å². The number of nitrogens with zero attached hydrogens (tertiary/aromatic N) is 2. The fraction of sp³-hybridized carbons (Fsp3) is 0.846. The molecule has 1 unspecified atom stereocenters. The third-order valence-electron chi connectivity index (χ3n) is 2.83. The lowest BCUT2D eigenvalue weighted by Crippen LogP contribution is -2.42. The molecule has 1 N–H and O–H groups in total. The van der Waals surface area contributed by atoms with Crippen LogP contribution in [0, 0.1) is 5.41 Å². The summed E-state index contributed by atoms with van der Waals surface area (Å²) in [6, 6.07) is 0.511. The van der Waals surface area contributed by atoms with Gasteiger partial charge in [0, 0.05) is 18.2 Å². The zero-order chi connectivity index (χ0) is 13.6. The highest BCUT2D eigenvalue weighted by Crippen LogP contribution is 2.27. The minimum atomic E-state index is 0.278. The molecular formula is C13H25N3S2. The van der Waals surface area contributed by atoms with Crippen molar-refractivity contribution in [3.8, 4) is 0 Å². The topological polar surface area (TPSA) is 37.8 Å². The van der Waals surface area contributed by atoms with Crippen LogP contribution in [0.25, 0.3) is 0 Å². The summed E-state index contributed by atoms with van der Waals surface area (Å²) < 4.78 is 5.42. The Morgan fingerprint density at radius 1 is 1.33 bits per heavy atom. The second-order valence-corrected chi connectivity index (χ2v) is 7.53. The Morgan fingerprint density at radius 3 is 2.56 bits per heavy atom. The van der Waals surface area contributed by atoms with Crippen LogP contribution in [0.4, 0.5) is 0 Å². The number of hydrogen-bond donors (Lipinski definition) is 1. The maximum absolute atomic E-state index is 4.51. The molecule has 0 saturated heterocycles.